The Hall–Kier alpha value is -1.33. The molecule has 0 aromatic heterocycles. The van der Waals surface area contributed by atoms with Gasteiger partial charge in [-0.25, -0.2) is 0 Å². The van der Waals surface area contributed by atoms with E-state index >= 15 is 0 Å². The van der Waals surface area contributed by atoms with E-state index in [-0.39, 0.29) is 0 Å². The molecule has 1 aromatic rings. The van der Waals surface area contributed by atoms with Gasteiger partial charge in [-0.3, -0.25) is 0 Å². The van der Waals surface area contributed by atoms with Crippen LogP contribution in [-0.4, -0.2) is 24.0 Å². The van der Waals surface area contributed by atoms with Gasteiger partial charge in [-0.15, -0.1) is 0 Å². The van der Waals surface area contributed by atoms with E-state index in [1.54, 1.807) is 0 Å². The molecular formula is C17H24N2. The van der Waals surface area contributed by atoms with Gasteiger partial charge in [-0.1, -0.05) is 31.2 Å². The van der Waals surface area contributed by atoms with Crippen molar-refractivity contribution >= 4 is 0 Å². The molecule has 0 bridgehead atoms. The zero-order chi connectivity index (χ0) is 13.5. The third kappa shape index (κ3) is 3.81. The van der Waals surface area contributed by atoms with Crippen LogP contribution >= 0.6 is 0 Å². The van der Waals surface area contributed by atoms with Crippen LogP contribution in [0.3, 0.4) is 0 Å². The lowest BCUT2D eigenvalue weighted by molar-refractivity contribution is 0.178. The minimum absolute atomic E-state index is 0.675. The first-order valence-corrected chi connectivity index (χ1v) is 7.53. The summed E-state index contributed by atoms with van der Waals surface area (Å²) in [5.74, 6) is 0. The van der Waals surface area contributed by atoms with E-state index in [1.165, 1.54) is 36.8 Å². The fourth-order valence-corrected chi connectivity index (χ4v) is 3.12. The standard InChI is InChI=1S/C17H24N2/c1-2-12-19(13-6-5-11-18)17-10-9-15-7-3-4-8-16(15)14-17/h3-4,7-8,17H,2,5-6,9-10,12-14H2,1H3. The number of nitriles is 1. The Morgan fingerprint density at radius 2 is 2.05 bits per heavy atom. The number of aryl methyl sites for hydroxylation is 1. The fourth-order valence-electron chi connectivity index (χ4n) is 3.12. The largest absolute Gasteiger partial charge is 0.300 e. The third-order valence-electron chi connectivity index (χ3n) is 4.08. The molecule has 102 valence electrons. The van der Waals surface area contributed by atoms with Gasteiger partial charge >= 0.3 is 0 Å². The van der Waals surface area contributed by atoms with Crippen molar-refractivity contribution in [2.75, 3.05) is 13.1 Å². The molecule has 0 fully saturated rings. The normalized spacial score (nSPS) is 18.1. The Morgan fingerprint density at radius 1 is 1.26 bits per heavy atom. The summed E-state index contributed by atoms with van der Waals surface area (Å²) in [6.07, 6.45) is 6.55. The molecule has 1 unspecified atom stereocenters. The Labute approximate surface area is 117 Å². The fraction of sp³-hybridized carbons (Fsp3) is 0.588. The average Bonchev–Trinajstić information content (AvgIpc) is 2.46. The number of benzene rings is 1. The Morgan fingerprint density at radius 3 is 2.79 bits per heavy atom. The van der Waals surface area contributed by atoms with Gasteiger partial charge in [-0.05, 0) is 56.3 Å². The first-order chi connectivity index (χ1) is 9.35. The minimum atomic E-state index is 0.675. The van der Waals surface area contributed by atoms with Crippen molar-refractivity contribution in [3.8, 4) is 6.07 Å². The molecule has 2 rings (SSSR count). The van der Waals surface area contributed by atoms with Gasteiger partial charge in [0.25, 0.3) is 0 Å². The molecule has 1 aliphatic carbocycles. The quantitative estimate of drug-likeness (QED) is 0.728. The molecular weight excluding hydrogens is 232 g/mol. The Bertz CT molecular complexity index is 433. The van der Waals surface area contributed by atoms with Crippen molar-refractivity contribution in [1.82, 2.24) is 4.90 Å². The van der Waals surface area contributed by atoms with Gasteiger partial charge in [0.05, 0.1) is 6.07 Å². The highest BCUT2D eigenvalue weighted by molar-refractivity contribution is 5.30. The molecule has 0 amide bonds. The van der Waals surface area contributed by atoms with E-state index in [0.717, 1.165) is 19.5 Å². The number of hydrogen-bond acceptors (Lipinski definition) is 2. The number of rotatable bonds is 6. The van der Waals surface area contributed by atoms with Crippen LogP contribution < -0.4 is 0 Å². The minimum Gasteiger partial charge on any atom is -0.300 e. The first-order valence-electron chi connectivity index (χ1n) is 7.53. The van der Waals surface area contributed by atoms with Gasteiger partial charge in [-0.2, -0.15) is 5.26 Å². The van der Waals surface area contributed by atoms with Crippen LogP contribution in [0.2, 0.25) is 0 Å². The molecule has 1 atom stereocenters. The molecule has 1 aliphatic rings. The van der Waals surface area contributed by atoms with E-state index in [0.29, 0.717) is 12.5 Å². The Balaban J connectivity index is 1.97. The molecule has 0 radical (unpaired) electrons. The maximum atomic E-state index is 8.68. The SMILES string of the molecule is CCCN(CCCC#N)C1CCc2ccccc2C1. The van der Waals surface area contributed by atoms with Crippen LogP contribution in [0.25, 0.3) is 0 Å². The van der Waals surface area contributed by atoms with Gasteiger partial charge in [0, 0.05) is 12.5 Å². The smallest absolute Gasteiger partial charge is 0.0622 e. The molecule has 0 N–H and O–H groups in total. The predicted molar refractivity (Wildman–Crippen MR) is 79.0 cm³/mol. The van der Waals surface area contributed by atoms with E-state index < -0.39 is 0 Å². The zero-order valence-corrected chi connectivity index (χ0v) is 11.9. The average molecular weight is 256 g/mol. The summed E-state index contributed by atoms with van der Waals surface area (Å²) in [4.78, 5) is 2.60. The van der Waals surface area contributed by atoms with Gasteiger partial charge < -0.3 is 4.90 Å². The molecule has 1 aromatic carbocycles. The van der Waals surface area contributed by atoms with Crippen molar-refractivity contribution in [3.05, 3.63) is 35.4 Å². The highest BCUT2D eigenvalue weighted by atomic mass is 15.1. The van der Waals surface area contributed by atoms with Crippen LogP contribution in [0.15, 0.2) is 24.3 Å². The monoisotopic (exact) mass is 256 g/mol. The Kier molecular flexibility index (Phi) is 5.42. The number of nitrogens with zero attached hydrogens (tertiary/aromatic N) is 2. The molecule has 0 aliphatic heterocycles. The van der Waals surface area contributed by atoms with Crippen molar-refractivity contribution < 1.29 is 0 Å². The van der Waals surface area contributed by atoms with Gasteiger partial charge in [0.15, 0.2) is 0 Å². The van der Waals surface area contributed by atoms with E-state index in [1.807, 2.05) is 0 Å². The van der Waals surface area contributed by atoms with Gasteiger partial charge in [0.1, 0.15) is 0 Å². The summed E-state index contributed by atoms with van der Waals surface area (Å²) >= 11 is 0. The number of fused-ring (bicyclic) bond motifs is 1. The third-order valence-corrected chi connectivity index (χ3v) is 4.08. The van der Waals surface area contributed by atoms with Crippen molar-refractivity contribution in [2.45, 2.75) is 51.5 Å². The number of unbranched alkanes of at least 4 members (excludes halogenated alkanes) is 1. The molecule has 2 heteroatoms. The molecule has 0 saturated carbocycles. The second-order valence-electron chi connectivity index (χ2n) is 5.46. The summed E-state index contributed by atoms with van der Waals surface area (Å²) in [7, 11) is 0. The zero-order valence-electron chi connectivity index (χ0n) is 11.9. The summed E-state index contributed by atoms with van der Waals surface area (Å²) in [6, 6.07) is 11.8. The molecule has 19 heavy (non-hydrogen) atoms. The van der Waals surface area contributed by atoms with Crippen LogP contribution in [0, 0.1) is 11.3 Å². The molecule has 2 nitrogen and oxygen atoms in total. The molecule has 0 saturated heterocycles. The summed E-state index contributed by atoms with van der Waals surface area (Å²) < 4.78 is 0. The lowest BCUT2D eigenvalue weighted by atomic mass is 9.87. The van der Waals surface area contributed by atoms with E-state index in [2.05, 4.69) is 42.2 Å². The highest BCUT2D eigenvalue weighted by Crippen LogP contribution is 2.24. The summed E-state index contributed by atoms with van der Waals surface area (Å²) in [5.41, 5.74) is 3.06. The van der Waals surface area contributed by atoms with Crippen molar-refractivity contribution in [3.63, 3.8) is 0 Å². The lowest BCUT2D eigenvalue weighted by Gasteiger charge is -2.35. The van der Waals surface area contributed by atoms with E-state index in [4.69, 9.17) is 5.26 Å². The summed E-state index contributed by atoms with van der Waals surface area (Å²) in [6.45, 7) is 4.49. The second kappa shape index (κ2) is 7.31. The molecule has 0 heterocycles. The highest BCUT2D eigenvalue weighted by Gasteiger charge is 2.23. The first kappa shape index (κ1) is 14.1. The maximum Gasteiger partial charge on any atom is 0.0622 e. The molecule has 0 spiro atoms. The van der Waals surface area contributed by atoms with Crippen LogP contribution in [0.4, 0.5) is 0 Å². The van der Waals surface area contributed by atoms with Crippen LogP contribution in [0.1, 0.15) is 43.7 Å². The second-order valence-corrected chi connectivity index (χ2v) is 5.46. The van der Waals surface area contributed by atoms with Crippen molar-refractivity contribution in [1.29, 1.82) is 5.26 Å². The van der Waals surface area contributed by atoms with E-state index in [9.17, 15) is 0 Å². The van der Waals surface area contributed by atoms with Crippen LogP contribution in [-0.2, 0) is 12.8 Å². The predicted octanol–water partition coefficient (Wildman–Crippen LogP) is 3.56. The van der Waals surface area contributed by atoms with Gasteiger partial charge in [0.2, 0.25) is 0 Å². The van der Waals surface area contributed by atoms with Crippen molar-refractivity contribution in [2.24, 2.45) is 0 Å². The lowest BCUT2D eigenvalue weighted by Crippen LogP contribution is -2.40. The maximum absolute atomic E-state index is 8.68. The summed E-state index contributed by atoms with van der Waals surface area (Å²) in [5, 5.41) is 8.68. The topological polar surface area (TPSA) is 27.0 Å². The van der Waals surface area contributed by atoms with Crippen LogP contribution in [0.5, 0.6) is 0 Å². The number of hydrogen-bond donors (Lipinski definition) is 0.